The van der Waals surface area contributed by atoms with Crippen molar-refractivity contribution in [1.29, 1.82) is 0 Å². The van der Waals surface area contributed by atoms with E-state index in [1.165, 1.54) is 43.5 Å². The molecule has 2 aliphatic rings. The molecule has 0 saturated heterocycles. The van der Waals surface area contributed by atoms with Crippen molar-refractivity contribution in [2.75, 3.05) is 0 Å². The first-order valence-corrected chi connectivity index (χ1v) is 5.19. The maximum Gasteiger partial charge on any atom is 0.123 e. The van der Waals surface area contributed by atoms with Gasteiger partial charge in [0.1, 0.15) is 5.82 Å². The van der Waals surface area contributed by atoms with Crippen LogP contribution >= 0.6 is 0 Å². The van der Waals surface area contributed by atoms with Gasteiger partial charge in [0.25, 0.3) is 0 Å². The Morgan fingerprint density at radius 2 is 2.23 bits per heavy atom. The van der Waals surface area contributed by atoms with E-state index in [2.05, 4.69) is 9.55 Å². The van der Waals surface area contributed by atoms with Crippen LogP contribution in [-0.2, 0) is 19.4 Å². The van der Waals surface area contributed by atoms with Gasteiger partial charge in [0, 0.05) is 11.7 Å². The Labute approximate surface area is 78.0 Å². The van der Waals surface area contributed by atoms with Gasteiger partial charge in [-0.25, -0.2) is 4.98 Å². The summed E-state index contributed by atoms with van der Waals surface area (Å²) in [5.74, 6) is 1.12. The lowest BCUT2D eigenvalue weighted by atomic mass is 10.3. The predicted molar refractivity (Wildman–Crippen MR) is 50.4 cm³/mol. The first-order valence-electron chi connectivity index (χ1n) is 5.19. The van der Waals surface area contributed by atoms with Crippen LogP contribution in [0.15, 0.2) is 0 Å². The van der Waals surface area contributed by atoms with E-state index in [1.807, 2.05) is 0 Å². The highest BCUT2D eigenvalue weighted by Gasteiger charge is 2.31. The summed E-state index contributed by atoms with van der Waals surface area (Å²) < 4.78 is 2.42. The van der Waals surface area contributed by atoms with Gasteiger partial charge >= 0.3 is 0 Å². The van der Waals surface area contributed by atoms with E-state index in [0.717, 1.165) is 11.9 Å². The van der Waals surface area contributed by atoms with Crippen molar-refractivity contribution >= 4 is 0 Å². The molecule has 3 heteroatoms. The summed E-state index contributed by atoms with van der Waals surface area (Å²) in [5, 5.41) is 0. The van der Waals surface area contributed by atoms with Gasteiger partial charge in [0.05, 0.1) is 12.2 Å². The Morgan fingerprint density at radius 3 is 2.92 bits per heavy atom. The largest absolute Gasteiger partial charge is 0.328 e. The highest BCUT2D eigenvalue weighted by atomic mass is 15.2. The topological polar surface area (TPSA) is 43.8 Å². The van der Waals surface area contributed by atoms with Crippen LogP contribution < -0.4 is 5.73 Å². The Kier molecular flexibility index (Phi) is 1.50. The molecule has 2 N–H and O–H groups in total. The van der Waals surface area contributed by atoms with E-state index in [0.29, 0.717) is 6.54 Å². The second-order valence-corrected chi connectivity index (χ2v) is 4.08. The minimum absolute atomic E-state index is 0.601. The first kappa shape index (κ1) is 7.56. The fraction of sp³-hybridized carbons (Fsp3) is 0.700. The number of aryl methyl sites for hydroxylation is 1. The van der Waals surface area contributed by atoms with Crippen LogP contribution in [-0.4, -0.2) is 9.55 Å². The highest BCUT2D eigenvalue weighted by Crippen LogP contribution is 2.39. The fourth-order valence-electron chi connectivity index (χ4n) is 2.37. The second-order valence-electron chi connectivity index (χ2n) is 4.08. The number of nitrogens with zero attached hydrogens (tertiary/aromatic N) is 2. The van der Waals surface area contributed by atoms with Gasteiger partial charge in [-0.1, -0.05) is 0 Å². The van der Waals surface area contributed by atoms with Crippen LogP contribution in [0.25, 0.3) is 0 Å². The minimum atomic E-state index is 0.601. The van der Waals surface area contributed by atoms with E-state index in [-0.39, 0.29) is 0 Å². The smallest absolute Gasteiger partial charge is 0.123 e. The quantitative estimate of drug-likeness (QED) is 0.736. The lowest BCUT2D eigenvalue weighted by Gasteiger charge is -2.07. The Bertz CT molecular complexity index is 336. The zero-order valence-corrected chi connectivity index (χ0v) is 7.79. The number of hydrogen-bond donors (Lipinski definition) is 1. The summed E-state index contributed by atoms with van der Waals surface area (Å²) >= 11 is 0. The summed E-state index contributed by atoms with van der Waals surface area (Å²) in [6.07, 6.45) is 6.34. The average Bonchev–Trinajstić information content (AvgIpc) is 2.77. The van der Waals surface area contributed by atoms with Crippen molar-refractivity contribution < 1.29 is 0 Å². The molecule has 0 unspecified atom stereocenters. The summed E-state index contributed by atoms with van der Waals surface area (Å²) in [7, 11) is 0. The monoisotopic (exact) mass is 177 g/mol. The number of fused-ring (bicyclic) bond motifs is 1. The second kappa shape index (κ2) is 2.58. The van der Waals surface area contributed by atoms with Gasteiger partial charge in [-0.2, -0.15) is 0 Å². The fourth-order valence-corrected chi connectivity index (χ4v) is 2.37. The molecule has 3 nitrogen and oxygen atoms in total. The molecular weight excluding hydrogens is 162 g/mol. The summed E-state index contributed by atoms with van der Waals surface area (Å²) in [5.41, 5.74) is 8.51. The van der Waals surface area contributed by atoms with Gasteiger partial charge in [-0.3, -0.25) is 0 Å². The van der Waals surface area contributed by atoms with Crippen LogP contribution in [0.2, 0.25) is 0 Å². The standard InChI is InChI=1S/C10H15N3/c11-6-10-12-8-2-1-3-9(8)13(10)7-4-5-7/h7H,1-6,11H2. The van der Waals surface area contributed by atoms with Crippen molar-refractivity contribution in [3.05, 3.63) is 17.2 Å². The zero-order chi connectivity index (χ0) is 8.84. The van der Waals surface area contributed by atoms with E-state index < -0.39 is 0 Å². The number of imidazole rings is 1. The summed E-state index contributed by atoms with van der Waals surface area (Å²) in [4.78, 5) is 4.61. The summed E-state index contributed by atoms with van der Waals surface area (Å²) in [6.45, 7) is 0.601. The third kappa shape index (κ3) is 1.03. The molecule has 0 amide bonds. The van der Waals surface area contributed by atoms with E-state index in [1.54, 1.807) is 0 Å². The Balaban J connectivity index is 2.11. The maximum atomic E-state index is 5.69. The van der Waals surface area contributed by atoms with E-state index >= 15 is 0 Å². The molecule has 0 aromatic carbocycles. The molecule has 13 heavy (non-hydrogen) atoms. The normalized spacial score (nSPS) is 20.7. The van der Waals surface area contributed by atoms with Crippen molar-refractivity contribution in [2.45, 2.75) is 44.7 Å². The number of rotatable bonds is 2. The van der Waals surface area contributed by atoms with Gasteiger partial charge in [-0.05, 0) is 32.1 Å². The Morgan fingerprint density at radius 1 is 1.38 bits per heavy atom. The third-order valence-corrected chi connectivity index (χ3v) is 3.09. The molecule has 1 aromatic heterocycles. The molecule has 0 bridgehead atoms. The average molecular weight is 177 g/mol. The SMILES string of the molecule is NCc1nc2c(n1C1CC1)CCC2. The van der Waals surface area contributed by atoms with E-state index in [4.69, 9.17) is 5.73 Å². The molecule has 1 fully saturated rings. The molecule has 0 aliphatic heterocycles. The van der Waals surface area contributed by atoms with Gasteiger partial charge < -0.3 is 10.3 Å². The van der Waals surface area contributed by atoms with Crippen LogP contribution in [0.4, 0.5) is 0 Å². The molecule has 1 heterocycles. The molecule has 0 spiro atoms. The van der Waals surface area contributed by atoms with Gasteiger partial charge in [-0.15, -0.1) is 0 Å². The minimum Gasteiger partial charge on any atom is -0.328 e. The highest BCUT2D eigenvalue weighted by molar-refractivity contribution is 5.24. The molecular formula is C10H15N3. The van der Waals surface area contributed by atoms with Crippen molar-refractivity contribution in [3.8, 4) is 0 Å². The number of aromatic nitrogens is 2. The van der Waals surface area contributed by atoms with Crippen LogP contribution in [0.5, 0.6) is 0 Å². The molecule has 1 saturated carbocycles. The number of nitrogens with two attached hydrogens (primary N) is 1. The van der Waals surface area contributed by atoms with Crippen molar-refractivity contribution in [2.24, 2.45) is 5.73 Å². The van der Waals surface area contributed by atoms with Crippen molar-refractivity contribution in [1.82, 2.24) is 9.55 Å². The zero-order valence-electron chi connectivity index (χ0n) is 7.79. The van der Waals surface area contributed by atoms with Crippen molar-refractivity contribution in [3.63, 3.8) is 0 Å². The van der Waals surface area contributed by atoms with Crippen LogP contribution in [0.3, 0.4) is 0 Å². The Hall–Kier alpha value is -0.830. The van der Waals surface area contributed by atoms with Gasteiger partial charge in [0.2, 0.25) is 0 Å². The third-order valence-electron chi connectivity index (χ3n) is 3.09. The number of hydrogen-bond acceptors (Lipinski definition) is 2. The maximum absolute atomic E-state index is 5.69. The lowest BCUT2D eigenvalue weighted by Crippen LogP contribution is -2.09. The van der Waals surface area contributed by atoms with E-state index in [9.17, 15) is 0 Å². The molecule has 0 radical (unpaired) electrons. The molecule has 0 atom stereocenters. The lowest BCUT2D eigenvalue weighted by molar-refractivity contribution is 0.644. The summed E-state index contributed by atoms with van der Waals surface area (Å²) in [6, 6.07) is 0.743. The van der Waals surface area contributed by atoms with Crippen LogP contribution in [0, 0.1) is 0 Å². The molecule has 3 rings (SSSR count). The molecule has 2 aliphatic carbocycles. The first-order chi connectivity index (χ1) is 6.40. The molecule has 70 valence electrons. The van der Waals surface area contributed by atoms with Crippen LogP contribution in [0.1, 0.15) is 42.5 Å². The van der Waals surface area contributed by atoms with Gasteiger partial charge in [0.15, 0.2) is 0 Å². The molecule has 1 aromatic rings. The predicted octanol–water partition coefficient (Wildman–Crippen LogP) is 1.17.